The second kappa shape index (κ2) is 12.6. The third-order valence-corrected chi connectivity index (χ3v) is 6.90. The fraction of sp³-hybridized carbons (Fsp3) is 0.462. The number of nitrogens with one attached hydrogen (secondary N) is 1. The highest BCUT2D eigenvalue weighted by Gasteiger charge is 2.30. The smallest absolute Gasteiger partial charge is 0.244 e. The zero-order chi connectivity index (χ0) is 26.2. The Labute approximate surface area is 209 Å². The van der Waals surface area contributed by atoms with Crippen LogP contribution in [0.25, 0.3) is 0 Å². The second-order valence-corrected chi connectivity index (χ2v) is 10.6. The monoisotopic (exact) mass is 503 g/mol. The first kappa shape index (κ1) is 28.2. The molecular weight excluding hydrogens is 466 g/mol. The van der Waals surface area contributed by atoms with Gasteiger partial charge in [-0.1, -0.05) is 36.8 Å². The molecular formula is C26H37N3O5S. The summed E-state index contributed by atoms with van der Waals surface area (Å²) < 4.78 is 31.7. The van der Waals surface area contributed by atoms with E-state index in [2.05, 4.69) is 5.32 Å². The number of aryl methyl sites for hydroxylation is 1. The molecule has 0 saturated heterocycles. The number of amides is 2. The van der Waals surface area contributed by atoms with Crippen LogP contribution in [0.5, 0.6) is 5.75 Å². The Hall–Kier alpha value is -3.07. The van der Waals surface area contributed by atoms with Gasteiger partial charge >= 0.3 is 0 Å². The van der Waals surface area contributed by atoms with Crippen LogP contribution < -0.4 is 14.4 Å². The van der Waals surface area contributed by atoms with E-state index in [1.54, 1.807) is 31.2 Å². The van der Waals surface area contributed by atoms with Crippen molar-refractivity contribution in [3.8, 4) is 5.75 Å². The van der Waals surface area contributed by atoms with Crippen molar-refractivity contribution in [2.24, 2.45) is 0 Å². The lowest BCUT2D eigenvalue weighted by atomic mass is 10.1. The van der Waals surface area contributed by atoms with Gasteiger partial charge in [0.25, 0.3) is 0 Å². The van der Waals surface area contributed by atoms with Crippen molar-refractivity contribution < 1.29 is 22.7 Å². The summed E-state index contributed by atoms with van der Waals surface area (Å²) in [5.41, 5.74) is 2.27. The zero-order valence-electron chi connectivity index (χ0n) is 21.4. The summed E-state index contributed by atoms with van der Waals surface area (Å²) in [5, 5.41) is 2.91. The predicted molar refractivity (Wildman–Crippen MR) is 139 cm³/mol. The average Bonchev–Trinajstić information content (AvgIpc) is 2.81. The quantitative estimate of drug-likeness (QED) is 0.478. The van der Waals surface area contributed by atoms with Gasteiger partial charge in [-0.15, -0.1) is 0 Å². The molecule has 0 saturated carbocycles. The van der Waals surface area contributed by atoms with Gasteiger partial charge in [0.1, 0.15) is 18.3 Å². The van der Waals surface area contributed by atoms with Crippen molar-refractivity contribution in [2.75, 3.05) is 23.7 Å². The molecule has 192 valence electrons. The first-order chi connectivity index (χ1) is 16.5. The van der Waals surface area contributed by atoms with E-state index >= 15 is 0 Å². The number of hydrogen-bond acceptors (Lipinski definition) is 5. The largest absolute Gasteiger partial charge is 0.494 e. The molecule has 35 heavy (non-hydrogen) atoms. The molecule has 2 rings (SSSR count). The SMILES string of the molecule is CCOc1ccc(N(CC(=O)N(Cc2ccc(C)cc2)[C@@H](C)C(=O)N[C@H](C)CC)S(C)(=O)=O)cc1. The molecule has 8 nitrogen and oxygen atoms in total. The van der Waals surface area contributed by atoms with Crippen molar-refractivity contribution in [3.63, 3.8) is 0 Å². The Morgan fingerprint density at radius 2 is 1.60 bits per heavy atom. The van der Waals surface area contributed by atoms with Crippen molar-refractivity contribution in [3.05, 3.63) is 59.7 Å². The molecule has 0 aliphatic rings. The van der Waals surface area contributed by atoms with Gasteiger partial charge in [-0.3, -0.25) is 13.9 Å². The van der Waals surface area contributed by atoms with Crippen LogP contribution in [-0.4, -0.2) is 56.6 Å². The fourth-order valence-electron chi connectivity index (χ4n) is 3.43. The number of rotatable bonds is 12. The van der Waals surface area contributed by atoms with Crippen LogP contribution in [0.3, 0.4) is 0 Å². The Morgan fingerprint density at radius 1 is 1.00 bits per heavy atom. The summed E-state index contributed by atoms with van der Waals surface area (Å²) in [5.74, 6) is -0.157. The Morgan fingerprint density at radius 3 is 2.11 bits per heavy atom. The zero-order valence-corrected chi connectivity index (χ0v) is 22.3. The van der Waals surface area contributed by atoms with E-state index in [1.807, 2.05) is 52.0 Å². The number of anilines is 1. The lowest BCUT2D eigenvalue weighted by Crippen LogP contribution is -2.52. The Kier molecular flexibility index (Phi) is 10.1. The van der Waals surface area contributed by atoms with Gasteiger partial charge in [0.05, 0.1) is 18.6 Å². The van der Waals surface area contributed by atoms with E-state index in [0.29, 0.717) is 18.0 Å². The number of sulfonamides is 1. The summed E-state index contributed by atoms with van der Waals surface area (Å²) in [6, 6.07) is 13.4. The van der Waals surface area contributed by atoms with Gasteiger partial charge in [0, 0.05) is 12.6 Å². The van der Waals surface area contributed by atoms with Gasteiger partial charge < -0.3 is 15.0 Å². The minimum atomic E-state index is -3.77. The van der Waals surface area contributed by atoms with E-state index < -0.39 is 28.5 Å². The van der Waals surface area contributed by atoms with Gasteiger partial charge in [0.2, 0.25) is 21.8 Å². The summed E-state index contributed by atoms with van der Waals surface area (Å²) in [6.45, 7) is 9.57. The molecule has 0 spiro atoms. The molecule has 0 aliphatic heterocycles. The van der Waals surface area contributed by atoms with Crippen molar-refractivity contribution >= 4 is 27.5 Å². The molecule has 2 amide bonds. The molecule has 2 atom stereocenters. The van der Waals surface area contributed by atoms with Crippen molar-refractivity contribution in [1.82, 2.24) is 10.2 Å². The summed E-state index contributed by atoms with van der Waals surface area (Å²) in [7, 11) is -3.77. The second-order valence-electron chi connectivity index (χ2n) is 8.70. The third kappa shape index (κ3) is 8.28. The highest BCUT2D eigenvalue weighted by molar-refractivity contribution is 7.92. The van der Waals surface area contributed by atoms with Crippen LogP contribution in [0.4, 0.5) is 5.69 Å². The minimum absolute atomic E-state index is 0.0438. The van der Waals surface area contributed by atoms with Crippen LogP contribution >= 0.6 is 0 Å². The van der Waals surface area contributed by atoms with Gasteiger partial charge in [-0.2, -0.15) is 0 Å². The van der Waals surface area contributed by atoms with Gasteiger partial charge in [-0.05, 0) is 63.9 Å². The van der Waals surface area contributed by atoms with Crippen LogP contribution in [0.15, 0.2) is 48.5 Å². The van der Waals surface area contributed by atoms with Gasteiger partial charge in [0.15, 0.2) is 0 Å². The van der Waals surface area contributed by atoms with Crippen LogP contribution in [-0.2, 0) is 26.2 Å². The molecule has 0 heterocycles. The molecule has 0 bridgehead atoms. The fourth-order valence-corrected chi connectivity index (χ4v) is 4.28. The molecule has 9 heteroatoms. The van der Waals surface area contributed by atoms with Crippen LogP contribution in [0, 0.1) is 6.92 Å². The maximum Gasteiger partial charge on any atom is 0.244 e. The first-order valence-electron chi connectivity index (χ1n) is 11.8. The average molecular weight is 504 g/mol. The Balaban J connectivity index is 2.35. The summed E-state index contributed by atoms with van der Waals surface area (Å²) in [4.78, 5) is 27.9. The lowest BCUT2D eigenvalue weighted by Gasteiger charge is -2.32. The van der Waals surface area contributed by atoms with Crippen molar-refractivity contribution in [1.29, 1.82) is 0 Å². The van der Waals surface area contributed by atoms with Gasteiger partial charge in [-0.25, -0.2) is 8.42 Å². The standard InChI is InChI=1S/C26H37N3O5S/c1-7-20(4)27-26(31)21(5)28(17-22-11-9-19(3)10-12-22)25(30)18-29(35(6,32)33)23-13-15-24(16-14-23)34-8-2/h9-16,20-21H,7-8,17-18H2,1-6H3,(H,27,31)/t20-,21+/m1/s1. The Bertz CT molecular complexity index is 1080. The van der Waals surface area contributed by atoms with E-state index in [4.69, 9.17) is 4.74 Å². The minimum Gasteiger partial charge on any atom is -0.494 e. The summed E-state index contributed by atoms with van der Waals surface area (Å²) in [6.07, 6.45) is 1.81. The molecule has 0 radical (unpaired) electrons. The van der Waals surface area contributed by atoms with E-state index in [0.717, 1.165) is 28.1 Å². The van der Waals surface area contributed by atoms with E-state index in [1.165, 1.54) is 4.90 Å². The topological polar surface area (TPSA) is 96.0 Å². The molecule has 1 N–H and O–H groups in total. The highest BCUT2D eigenvalue weighted by Crippen LogP contribution is 2.22. The lowest BCUT2D eigenvalue weighted by molar-refractivity contribution is -0.139. The first-order valence-corrected chi connectivity index (χ1v) is 13.7. The number of benzene rings is 2. The van der Waals surface area contributed by atoms with Crippen LogP contribution in [0.1, 0.15) is 45.2 Å². The molecule has 0 fully saturated rings. The highest BCUT2D eigenvalue weighted by atomic mass is 32.2. The maximum atomic E-state index is 13.5. The maximum absolute atomic E-state index is 13.5. The number of nitrogens with zero attached hydrogens (tertiary/aromatic N) is 2. The number of ether oxygens (including phenoxy) is 1. The van der Waals surface area contributed by atoms with E-state index in [9.17, 15) is 18.0 Å². The van der Waals surface area contributed by atoms with Crippen molar-refractivity contribution in [2.45, 2.75) is 59.7 Å². The number of carbonyl (C=O) groups is 2. The van der Waals surface area contributed by atoms with E-state index in [-0.39, 0.29) is 18.5 Å². The number of carbonyl (C=O) groups excluding carboxylic acids is 2. The molecule has 2 aromatic rings. The normalized spacial score (nSPS) is 13.0. The molecule has 0 unspecified atom stereocenters. The third-order valence-electron chi connectivity index (χ3n) is 5.76. The molecule has 0 aromatic heterocycles. The molecule has 0 aliphatic carbocycles. The van der Waals surface area contributed by atoms with Crippen LogP contribution in [0.2, 0.25) is 0 Å². The predicted octanol–water partition coefficient (Wildman–Crippen LogP) is 3.49. The summed E-state index contributed by atoms with van der Waals surface area (Å²) >= 11 is 0. The number of hydrogen-bond donors (Lipinski definition) is 1. The molecule has 2 aromatic carbocycles.